The third-order valence-electron chi connectivity index (χ3n) is 5.48. The Morgan fingerprint density at radius 3 is 2.41 bits per heavy atom. The molecule has 2 aromatic heterocycles. The van der Waals surface area contributed by atoms with Crippen LogP contribution in [0.25, 0.3) is 5.69 Å². The highest BCUT2D eigenvalue weighted by atomic mass is 32.1. The molecule has 4 aromatic rings. The number of carbonyl (C=O) groups excluding carboxylic acids is 2. The fourth-order valence-electron chi connectivity index (χ4n) is 3.75. The van der Waals surface area contributed by atoms with Gasteiger partial charge in [0.1, 0.15) is 0 Å². The van der Waals surface area contributed by atoms with Crippen LogP contribution in [0.5, 0.6) is 0 Å². The number of hydrogen-bond acceptors (Lipinski definition) is 4. The first-order valence-electron chi connectivity index (χ1n) is 10.5. The van der Waals surface area contributed by atoms with Gasteiger partial charge in [-0.05, 0) is 61.0 Å². The van der Waals surface area contributed by atoms with Gasteiger partial charge in [0, 0.05) is 17.3 Å². The molecule has 0 bridgehead atoms. The molecule has 0 aliphatic heterocycles. The normalized spacial score (nSPS) is 13.0. The first-order chi connectivity index (χ1) is 15.6. The van der Waals surface area contributed by atoms with Crippen LogP contribution in [-0.4, -0.2) is 21.6 Å². The number of nitrogens with one attached hydrogen (secondary N) is 2. The third kappa shape index (κ3) is 4.07. The molecule has 160 valence electrons. The molecule has 1 aliphatic rings. The summed E-state index contributed by atoms with van der Waals surface area (Å²) in [6.45, 7) is 2.05. The van der Waals surface area contributed by atoms with Gasteiger partial charge in [-0.15, -0.1) is 11.3 Å². The van der Waals surface area contributed by atoms with Crippen molar-refractivity contribution in [2.24, 2.45) is 0 Å². The summed E-state index contributed by atoms with van der Waals surface area (Å²) in [4.78, 5) is 26.1. The van der Waals surface area contributed by atoms with Crippen LogP contribution in [-0.2, 0) is 0 Å². The van der Waals surface area contributed by atoms with Crippen LogP contribution in [0.4, 0.5) is 11.4 Å². The SMILES string of the molecule is Cc1ccccc1-n1ncc(C(=O)Nc2cccc(NC(=O)c3cccs3)c2)c1C1CC1. The van der Waals surface area contributed by atoms with Crippen LogP contribution in [0.15, 0.2) is 72.2 Å². The minimum atomic E-state index is -0.200. The largest absolute Gasteiger partial charge is 0.322 e. The fourth-order valence-corrected chi connectivity index (χ4v) is 4.37. The van der Waals surface area contributed by atoms with Gasteiger partial charge in [0.25, 0.3) is 11.8 Å². The van der Waals surface area contributed by atoms with E-state index in [0.717, 1.165) is 29.8 Å². The highest BCUT2D eigenvalue weighted by Gasteiger charge is 2.33. The van der Waals surface area contributed by atoms with Gasteiger partial charge in [0.15, 0.2) is 0 Å². The van der Waals surface area contributed by atoms with Crippen LogP contribution >= 0.6 is 11.3 Å². The standard InChI is InChI=1S/C25H22N4O2S/c1-16-6-2-3-9-21(16)29-23(17-11-12-17)20(15-26-29)24(30)27-18-7-4-8-19(14-18)28-25(31)22-10-5-13-32-22/h2-10,13-15,17H,11-12H2,1H3,(H,27,30)(H,28,31). The Morgan fingerprint density at radius 2 is 1.72 bits per heavy atom. The second kappa shape index (κ2) is 8.43. The molecule has 1 fully saturated rings. The molecule has 2 N–H and O–H groups in total. The molecule has 5 rings (SSSR count). The predicted molar refractivity (Wildman–Crippen MR) is 127 cm³/mol. The lowest BCUT2D eigenvalue weighted by molar-refractivity contribution is 0.102. The lowest BCUT2D eigenvalue weighted by Crippen LogP contribution is -2.15. The molecule has 32 heavy (non-hydrogen) atoms. The second-order valence-electron chi connectivity index (χ2n) is 7.88. The van der Waals surface area contributed by atoms with E-state index in [0.29, 0.717) is 27.7 Å². The third-order valence-corrected chi connectivity index (χ3v) is 6.35. The molecular weight excluding hydrogens is 420 g/mol. The summed E-state index contributed by atoms with van der Waals surface area (Å²) in [6.07, 6.45) is 3.77. The second-order valence-corrected chi connectivity index (χ2v) is 8.83. The number of hydrogen-bond donors (Lipinski definition) is 2. The average Bonchev–Trinajstić information content (AvgIpc) is 3.29. The Balaban J connectivity index is 1.38. The van der Waals surface area contributed by atoms with Gasteiger partial charge in [-0.3, -0.25) is 9.59 Å². The number of nitrogens with zero attached hydrogens (tertiary/aromatic N) is 2. The average molecular weight is 443 g/mol. The van der Waals surface area contributed by atoms with Gasteiger partial charge in [0.05, 0.1) is 28.0 Å². The Bertz CT molecular complexity index is 1290. The number of anilines is 2. The van der Waals surface area contributed by atoms with E-state index in [2.05, 4.69) is 15.7 Å². The number of aromatic nitrogens is 2. The van der Waals surface area contributed by atoms with E-state index in [1.165, 1.54) is 11.3 Å². The Kier molecular flexibility index (Phi) is 5.33. The van der Waals surface area contributed by atoms with E-state index < -0.39 is 0 Å². The summed E-state index contributed by atoms with van der Waals surface area (Å²) in [7, 11) is 0. The smallest absolute Gasteiger partial charge is 0.265 e. The van der Waals surface area contributed by atoms with Crippen molar-refractivity contribution < 1.29 is 9.59 Å². The number of rotatable bonds is 6. The fraction of sp³-hybridized carbons (Fsp3) is 0.160. The molecule has 0 saturated heterocycles. The highest BCUT2D eigenvalue weighted by Crippen LogP contribution is 2.42. The lowest BCUT2D eigenvalue weighted by Gasteiger charge is -2.12. The van der Waals surface area contributed by atoms with E-state index in [4.69, 9.17) is 0 Å². The molecule has 0 spiro atoms. The van der Waals surface area contributed by atoms with Crippen LogP contribution in [0.3, 0.4) is 0 Å². The van der Waals surface area contributed by atoms with Crippen molar-refractivity contribution in [2.75, 3.05) is 10.6 Å². The number of benzene rings is 2. The van der Waals surface area contributed by atoms with Crippen molar-refractivity contribution in [2.45, 2.75) is 25.7 Å². The van der Waals surface area contributed by atoms with E-state index >= 15 is 0 Å². The van der Waals surface area contributed by atoms with E-state index in [1.807, 2.05) is 47.3 Å². The molecule has 2 aromatic carbocycles. The number of aryl methyl sites for hydroxylation is 1. The minimum absolute atomic E-state index is 0.168. The number of para-hydroxylation sites is 1. The van der Waals surface area contributed by atoms with Crippen molar-refractivity contribution in [3.05, 3.63) is 93.9 Å². The first kappa shape index (κ1) is 20.2. The molecule has 0 radical (unpaired) electrons. The van der Waals surface area contributed by atoms with Crippen molar-refractivity contribution in [3.8, 4) is 5.69 Å². The highest BCUT2D eigenvalue weighted by molar-refractivity contribution is 7.12. The maximum absolute atomic E-state index is 13.2. The molecule has 7 heteroatoms. The molecule has 1 saturated carbocycles. The quantitative estimate of drug-likeness (QED) is 0.407. The summed E-state index contributed by atoms with van der Waals surface area (Å²) in [5.74, 6) is -0.0262. The summed E-state index contributed by atoms with van der Waals surface area (Å²) in [5.41, 5.74) is 4.89. The minimum Gasteiger partial charge on any atom is -0.322 e. The molecule has 2 amide bonds. The zero-order chi connectivity index (χ0) is 22.1. The van der Waals surface area contributed by atoms with Crippen molar-refractivity contribution in [1.82, 2.24) is 9.78 Å². The van der Waals surface area contributed by atoms with Crippen molar-refractivity contribution in [1.29, 1.82) is 0 Å². The van der Waals surface area contributed by atoms with E-state index in [9.17, 15) is 9.59 Å². The number of carbonyl (C=O) groups is 2. The molecular formula is C25H22N4O2S. The van der Waals surface area contributed by atoms with Gasteiger partial charge in [0.2, 0.25) is 0 Å². The number of thiophene rings is 1. The summed E-state index contributed by atoms with van der Waals surface area (Å²) in [5, 5.41) is 12.3. The van der Waals surface area contributed by atoms with Gasteiger partial charge in [-0.25, -0.2) is 4.68 Å². The van der Waals surface area contributed by atoms with Gasteiger partial charge < -0.3 is 10.6 Å². The molecule has 6 nitrogen and oxygen atoms in total. The zero-order valence-electron chi connectivity index (χ0n) is 17.5. The molecule has 1 aliphatic carbocycles. The maximum atomic E-state index is 13.2. The monoisotopic (exact) mass is 442 g/mol. The first-order valence-corrected chi connectivity index (χ1v) is 11.4. The Labute approximate surface area is 189 Å². The van der Waals surface area contributed by atoms with Crippen molar-refractivity contribution in [3.63, 3.8) is 0 Å². The van der Waals surface area contributed by atoms with Crippen LogP contribution in [0.2, 0.25) is 0 Å². The van der Waals surface area contributed by atoms with Crippen LogP contribution in [0, 0.1) is 6.92 Å². The topological polar surface area (TPSA) is 76.0 Å². The summed E-state index contributed by atoms with van der Waals surface area (Å²) >= 11 is 1.38. The van der Waals surface area contributed by atoms with Crippen LogP contribution < -0.4 is 10.6 Å². The van der Waals surface area contributed by atoms with Gasteiger partial charge in [-0.1, -0.05) is 30.3 Å². The summed E-state index contributed by atoms with van der Waals surface area (Å²) in [6, 6.07) is 18.8. The zero-order valence-corrected chi connectivity index (χ0v) is 18.4. The summed E-state index contributed by atoms with van der Waals surface area (Å²) < 4.78 is 1.90. The molecule has 2 heterocycles. The van der Waals surface area contributed by atoms with Crippen LogP contribution in [0.1, 0.15) is 50.0 Å². The van der Waals surface area contributed by atoms with E-state index in [1.54, 1.807) is 36.5 Å². The number of amides is 2. The van der Waals surface area contributed by atoms with E-state index in [-0.39, 0.29) is 11.8 Å². The van der Waals surface area contributed by atoms with Crippen molar-refractivity contribution >= 4 is 34.5 Å². The maximum Gasteiger partial charge on any atom is 0.265 e. The Morgan fingerprint density at radius 1 is 0.969 bits per heavy atom. The predicted octanol–water partition coefficient (Wildman–Crippen LogP) is 5.62. The van der Waals surface area contributed by atoms with Gasteiger partial charge >= 0.3 is 0 Å². The molecule has 0 unspecified atom stereocenters. The van der Waals surface area contributed by atoms with Gasteiger partial charge in [-0.2, -0.15) is 5.10 Å². The molecule has 0 atom stereocenters. The Hall–Kier alpha value is -3.71. The lowest BCUT2D eigenvalue weighted by atomic mass is 10.1.